The van der Waals surface area contributed by atoms with E-state index in [2.05, 4.69) is 11.4 Å². The monoisotopic (exact) mass is 378 g/mol. The second-order valence-corrected chi connectivity index (χ2v) is 7.65. The highest BCUT2D eigenvalue weighted by Crippen LogP contribution is 2.32. The number of para-hydroxylation sites is 1. The molecule has 1 N–H and O–H groups in total. The number of amides is 2. The molecule has 3 aromatic rings. The SMILES string of the molecule is C[C@@H]1CN(C(=O)Nc2ccccc2-c2cccs2)C[C@H](c2ccccc2)O1. The van der Waals surface area contributed by atoms with Crippen LogP contribution >= 0.6 is 11.3 Å². The molecule has 4 rings (SSSR count). The molecule has 0 aliphatic carbocycles. The maximum absolute atomic E-state index is 13.0. The third-order valence-corrected chi connectivity index (χ3v) is 5.58. The number of rotatable bonds is 3. The summed E-state index contributed by atoms with van der Waals surface area (Å²) in [4.78, 5) is 16.0. The first-order valence-electron chi connectivity index (χ1n) is 9.10. The lowest BCUT2D eigenvalue weighted by Gasteiger charge is -2.37. The van der Waals surface area contributed by atoms with Crippen molar-refractivity contribution in [2.24, 2.45) is 0 Å². The Morgan fingerprint density at radius 3 is 2.59 bits per heavy atom. The summed E-state index contributed by atoms with van der Waals surface area (Å²) in [6, 6.07) is 22.0. The summed E-state index contributed by atoms with van der Waals surface area (Å²) in [6.45, 7) is 3.13. The predicted molar refractivity (Wildman–Crippen MR) is 110 cm³/mol. The minimum Gasteiger partial charge on any atom is -0.367 e. The predicted octanol–water partition coefficient (Wildman–Crippen LogP) is 5.41. The first-order valence-corrected chi connectivity index (χ1v) is 9.98. The van der Waals surface area contributed by atoms with Gasteiger partial charge in [0.05, 0.1) is 18.3 Å². The minimum atomic E-state index is -0.103. The van der Waals surface area contributed by atoms with Crippen molar-refractivity contribution in [1.82, 2.24) is 4.90 Å². The van der Waals surface area contributed by atoms with Gasteiger partial charge in [0.15, 0.2) is 0 Å². The number of nitrogens with one attached hydrogen (secondary N) is 1. The molecule has 1 fully saturated rings. The highest BCUT2D eigenvalue weighted by Gasteiger charge is 2.29. The Balaban J connectivity index is 1.52. The summed E-state index contributed by atoms with van der Waals surface area (Å²) in [5.41, 5.74) is 2.97. The van der Waals surface area contributed by atoms with Gasteiger partial charge in [-0.3, -0.25) is 0 Å². The molecule has 5 heteroatoms. The number of benzene rings is 2. The molecule has 1 aromatic heterocycles. The molecule has 2 atom stereocenters. The van der Waals surface area contributed by atoms with E-state index in [1.54, 1.807) is 11.3 Å². The molecule has 0 saturated carbocycles. The van der Waals surface area contributed by atoms with Crippen LogP contribution in [0.2, 0.25) is 0 Å². The van der Waals surface area contributed by atoms with Crippen molar-refractivity contribution in [3.05, 3.63) is 77.7 Å². The second kappa shape index (κ2) is 7.94. The van der Waals surface area contributed by atoms with E-state index in [9.17, 15) is 4.79 Å². The molecular weight excluding hydrogens is 356 g/mol. The molecule has 1 aliphatic heterocycles. The molecule has 1 saturated heterocycles. The lowest BCUT2D eigenvalue weighted by molar-refractivity contribution is -0.0642. The van der Waals surface area contributed by atoms with Gasteiger partial charge < -0.3 is 15.0 Å². The van der Waals surface area contributed by atoms with Crippen LogP contribution in [-0.2, 0) is 4.74 Å². The topological polar surface area (TPSA) is 41.6 Å². The molecule has 2 amide bonds. The highest BCUT2D eigenvalue weighted by molar-refractivity contribution is 7.13. The first kappa shape index (κ1) is 17.8. The van der Waals surface area contributed by atoms with E-state index in [4.69, 9.17) is 4.74 Å². The zero-order valence-electron chi connectivity index (χ0n) is 15.2. The van der Waals surface area contributed by atoms with Gasteiger partial charge in [-0.05, 0) is 30.0 Å². The number of carbonyl (C=O) groups excluding carboxylic acids is 1. The molecule has 2 heterocycles. The zero-order chi connectivity index (χ0) is 18.6. The van der Waals surface area contributed by atoms with Crippen LogP contribution < -0.4 is 5.32 Å². The molecule has 0 bridgehead atoms. The van der Waals surface area contributed by atoms with Crippen LogP contribution in [0, 0.1) is 0 Å². The van der Waals surface area contributed by atoms with Gasteiger partial charge >= 0.3 is 6.03 Å². The number of anilines is 1. The maximum Gasteiger partial charge on any atom is 0.322 e. The number of carbonyl (C=O) groups is 1. The smallest absolute Gasteiger partial charge is 0.322 e. The van der Waals surface area contributed by atoms with Crippen molar-refractivity contribution in [2.75, 3.05) is 18.4 Å². The summed E-state index contributed by atoms with van der Waals surface area (Å²) in [5, 5.41) is 5.14. The molecule has 0 unspecified atom stereocenters. The Labute approximate surface area is 163 Å². The van der Waals surface area contributed by atoms with Crippen LogP contribution in [0.4, 0.5) is 10.5 Å². The summed E-state index contributed by atoms with van der Waals surface area (Å²) < 4.78 is 6.07. The van der Waals surface area contributed by atoms with Crippen LogP contribution in [-0.4, -0.2) is 30.1 Å². The van der Waals surface area contributed by atoms with E-state index in [0.717, 1.165) is 21.7 Å². The van der Waals surface area contributed by atoms with E-state index in [0.29, 0.717) is 13.1 Å². The van der Waals surface area contributed by atoms with Crippen LogP contribution in [0.3, 0.4) is 0 Å². The Morgan fingerprint density at radius 1 is 1.04 bits per heavy atom. The van der Waals surface area contributed by atoms with Crippen molar-refractivity contribution in [3.63, 3.8) is 0 Å². The molecular formula is C22H22N2O2S. The van der Waals surface area contributed by atoms with E-state index in [1.165, 1.54) is 0 Å². The largest absolute Gasteiger partial charge is 0.367 e. The van der Waals surface area contributed by atoms with E-state index < -0.39 is 0 Å². The molecule has 2 aromatic carbocycles. The van der Waals surface area contributed by atoms with Gasteiger partial charge in [-0.25, -0.2) is 4.79 Å². The van der Waals surface area contributed by atoms with Crippen molar-refractivity contribution in [2.45, 2.75) is 19.1 Å². The Kier molecular flexibility index (Phi) is 5.23. The second-order valence-electron chi connectivity index (χ2n) is 6.70. The number of nitrogens with zero attached hydrogens (tertiary/aromatic N) is 1. The Hall–Kier alpha value is -2.63. The van der Waals surface area contributed by atoms with Gasteiger partial charge in [0, 0.05) is 17.0 Å². The molecule has 0 spiro atoms. The maximum atomic E-state index is 13.0. The quantitative estimate of drug-likeness (QED) is 0.662. The summed E-state index contributed by atoms with van der Waals surface area (Å²) >= 11 is 1.67. The zero-order valence-corrected chi connectivity index (χ0v) is 16.0. The normalized spacial score (nSPS) is 19.7. The number of morpholine rings is 1. The van der Waals surface area contributed by atoms with E-state index in [-0.39, 0.29) is 18.2 Å². The molecule has 27 heavy (non-hydrogen) atoms. The van der Waals surface area contributed by atoms with Crippen LogP contribution in [0.25, 0.3) is 10.4 Å². The van der Waals surface area contributed by atoms with Gasteiger partial charge in [0.2, 0.25) is 0 Å². The molecule has 0 radical (unpaired) electrons. The highest BCUT2D eigenvalue weighted by atomic mass is 32.1. The van der Waals surface area contributed by atoms with Crippen molar-refractivity contribution >= 4 is 23.1 Å². The Morgan fingerprint density at radius 2 is 1.81 bits per heavy atom. The number of ether oxygens (including phenoxy) is 1. The summed E-state index contributed by atoms with van der Waals surface area (Å²) in [6.07, 6.45) is -0.115. The van der Waals surface area contributed by atoms with Crippen molar-refractivity contribution in [3.8, 4) is 10.4 Å². The lowest BCUT2D eigenvalue weighted by atomic mass is 10.1. The van der Waals surface area contributed by atoms with E-state index >= 15 is 0 Å². The third kappa shape index (κ3) is 4.04. The third-order valence-electron chi connectivity index (χ3n) is 4.67. The fourth-order valence-corrected chi connectivity index (χ4v) is 4.17. The summed E-state index contributed by atoms with van der Waals surface area (Å²) in [7, 11) is 0. The van der Waals surface area contributed by atoms with Gasteiger partial charge in [-0.1, -0.05) is 54.6 Å². The number of urea groups is 1. The van der Waals surface area contributed by atoms with Gasteiger partial charge in [-0.15, -0.1) is 11.3 Å². The number of thiophene rings is 1. The average Bonchev–Trinajstić information content (AvgIpc) is 3.23. The fourth-order valence-electron chi connectivity index (χ4n) is 3.40. The fraction of sp³-hybridized carbons (Fsp3) is 0.227. The summed E-state index contributed by atoms with van der Waals surface area (Å²) in [5.74, 6) is 0. The lowest BCUT2D eigenvalue weighted by Crippen LogP contribution is -2.47. The van der Waals surface area contributed by atoms with Crippen molar-refractivity contribution in [1.29, 1.82) is 0 Å². The number of hydrogen-bond acceptors (Lipinski definition) is 3. The van der Waals surface area contributed by atoms with Crippen LogP contribution in [0.1, 0.15) is 18.6 Å². The van der Waals surface area contributed by atoms with Gasteiger partial charge in [-0.2, -0.15) is 0 Å². The molecule has 1 aliphatic rings. The minimum absolute atomic E-state index is 0.0118. The molecule has 4 nitrogen and oxygen atoms in total. The average molecular weight is 378 g/mol. The molecule has 138 valence electrons. The van der Waals surface area contributed by atoms with E-state index in [1.807, 2.05) is 77.9 Å². The first-order chi connectivity index (χ1) is 13.2. The van der Waals surface area contributed by atoms with Gasteiger partial charge in [0.1, 0.15) is 6.10 Å². The number of hydrogen-bond donors (Lipinski definition) is 1. The van der Waals surface area contributed by atoms with Gasteiger partial charge in [0.25, 0.3) is 0 Å². The standard InChI is InChI=1S/C22H22N2O2S/c1-16-14-24(15-20(26-16)17-8-3-2-4-9-17)22(25)23-19-11-6-5-10-18(19)21-12-7-13-27-21/h2-13,16,20H,14-15H2,1H3,(H,23,25)/t16-,20-/m1/s1. The Bertz CT molecular complexity index is 896. The van der Waals surface area contributed by atoms with Crippen molar-refractivity contribution < 1.29 is 9.53 Å². The van der Waals surface area contributed by atoms with Crippen LogP contribution in [0.5, 0.6) is 0 Å². The van der Waals surface area contributed by atoms with Crippen LogP contribution in [0.15, 0.2) is 72.1 Å².